The average molecular weight is 452 g/mol. The van der Waals surface area contributed by atoms with Crippen molar-refractivity contribution in [2.24, 2.45) is 5.92 Å². The van der Waals surface area contributed by atoms with Gasteiger partial charge in [0.2, 0.25) is 0 Å². The van der Waals surface area contributed by atoms with Crippen LogP contribution in [0.2, 0.25) is 0 Å². The highest BCUT2D eigenvalue weighted by Crippen LogP contribution is 2.51. The van der Waals surface area contributed by atoms with Crippen LogP contribution in [-0.2, 0) is 15.9 Å². The number of benzene rings is 2. The first-order valence-corrected chi connectivity index (χ1v) is 11.2. The highest BCUT2D eigenvalue weighted by molar-refractivity contribution is 5.76. The number of hydrogen-bond acceptors (Lipinski definition) is 3. The number of hydrogen-bond donors (Lipinski definition) is 0. The van der Waals surface area contributed by atoms with Crippen molar-refractivity contribution in [3.05, 3.63) is 52.6 Å². The van der Waals surface area contributed by atoms with E-state index in [0.29, 0.717) is 31.6 Å². The van der Waals surface area contributed by atoms with Crippen molar-refractivity contribution in [3.8, 4) is 16.9 Å². The van der Waals surface area contributed by atoms with Crippen LogP contribution in [-0.4, -0.2) is 26.1 Å². The zero-order valence-corrected chi connectivity index (χ0v) is 18.3. The van der Waals surface area contributed by atoms with Crippen molar-refractivity contribution in [2.45, 2.75) is 58.2 Å². The summed E-state index contributed by atoms with van der Waals surface area (Å²) in [6, 6.07) is 5.95. The molecule has 2 atom stereocenters. The third-order valence-electron chi connectivity index (χ3n) is 6.18. The molecule has 0 radical (unpaired) electrons. The molecular weight excluding hydrogens is 424 g/mol. The molecule has 174 valence electrons. The van der Waals surface area contributed by atoms with E-state index < -0.39 is 29.5 Å². The summed E-state index contributed by atoms with van der Waals surface area (Å²) in [5.74, 6) is -1.73. The van der Waals surface area contributed by atoms with Gasteiger partial charge in [0, 0.05) is 17.0 Å². The minimum atomic E-state index is -2.31. The lowest BCUT2D eigenvalue weighted by Gasteiger charge is -2.30. The summed E-state index contributed by atoms with van der Waals surface area (Å²) in [6.45, 7) is 4.98. The van der Waals surface area contributed by atoms with Gasteiger partial charge in [-0.3, -0.25) is 0 Å². The van der Waals surface area contributed by atoms with Crippen molar-refractivity contribution in [2.75, 3.05) is 19.8 Å². The molecule has 2 aliphatic rings. The highest BCUT2D eigenvalue weighted by Gasteiger charge is 2.40. The van der Waals surface area contributed by atoms with E-state index in [4.69, 9.17) is 14.2 Å². The zero-order chi connectivity index (χ0) is 22.8. The molecule has 3 nitrogen and oxygen atoms in total. The molecule has 1 aliphatic heterocycles. The number of ether oxygens (including phenoxy) is 3. The SMILES string of the molecule is CCCC1OCC(CCc2ccc3c(c2F)C(F)C(F)c2c-3ccc(OCC)c2F)CO1. The van der Waals surface area contributed by atoms with Crippen molar-refractivity contribution in [3.63, 3.8) is 0 Å². The van der Waals surface area contributed by atoms with E-state index >= 15 is 8.78 Å². The summed E-state index contributed by atoms with van der Waals surface area (Å²) >= 11 is 0. The zero-order valence-electron chi connectivity index (χ0n) is 18.3. The first-order valence-electron chi connectivity index (χ1n) is 11.2. The molecule has 1 saturated heterocycles. The summed E-state index contributed by atoms with van der Waals surface area (Å²) in [6.07, 6.45) is -2.03. The first kappa shape index (κ1) is 23.1. The maximum absolute atomic E-state index is 15.3. The van der Waals surface area contributed by atoms with Crippen LogP contribution < -0.4 is 4.74 Å². The predicted octanol–water partition coefficient (Wildman–Crippen LogP) is 6.79. The molecule has 2 aromatic rings. The predicted molar refractivity (Wildman–Crippen MR) is 113 cm³/mol. The monoisotopic (exact) mass is 452 g/mol. The van der Waals surface area contributed by atoms with E-state index in [1.165, 1.54) is 12.1 Å². The topological polar surface area (TPSA) is 27.7 Å². The molecule has 4 rings (SSSR count). The number of rotatable bonds is 7. The Kier molecular flexibility index (Phi) is 7.05. The molecule has 1 aliphatic carbocycles. The molecule has 0 bridgehead atoms. The molecule has 0 N–H and O–H groups in total. The van der Waals surface area contributed by atoms with Gasteiger partial charge in [-0.1, -0.05) is 31.5 Å². The quantitative estimate of drug-likeness (QED) is 0.433. The average Bonchev–Trinajstić information content (AvgIpc) is 2.79. The van der Waals surface area contributed by atoms with E-state index in [1.807, 2.05) is 0 Å². The van der Waals surface area contributed by atoms with Crippen LogP contribution in [0.15, 0.2) is 24.3 Å². The van der Waals surface area contributed by atoms with Crippen molar-refractivity contribution >= 4 is 0 Å². The molecule has 2 unspecified atom stereocenters. The summed E-state index contributed by atoms with van der Waals surface area (Å²) in [5, 5.41) is 0. The fourth-order valence-corrected chi connectivity index (χ4v) is 4.48. The van der Waals surface area contributed by atoms with E-state index in [2.05, 4.69) is 6.92 Å². The molecule has 1 heterocycles. The summed E-state index contributed by atoms with van der Waals surface area (Å²) < 4.78 is 76.6. The van der Waals surface area contributed by atoms with Gasteiger partial charge in [0.1, 0.15) is 5.82 Å². The largest absolute Gasteiger partial charge is 0.491 e. The van der Waals surface area contributed by atoms with Gasteiger partial charge >= 0.3 is 0 Å². The van der Waals surface area contributed by atoms with Crippen molar-refractivity contribution < 1.29 is 31.8 Å². The second kappa shape index (κ2) is 9.79. The second-order valence-electron chi connectivity index (χ2n) is 8.36. The molecule has 0 spiro atoms. The molecule has 7 heteroatoms. The molecule has 32 heavy (non-hydrogen) atoms. The van der Waals surface area contributed by atoms with Crippen LogP contribution in [0.5, 0.6) is 5.75 Å². The van der Waals surface area contributed by atoms with Crippen molar-refractivity contribution in [1.29, 1.82) is 0 Å². The van der Waals surface area contributed by atoms with Crippen LogP contribution in [0, 0.1) is 17.6 Å². The minimum absolute atomic E-state index is 0.112. The van der Waals surface area contributed by atoms with Gasteiger partial charge in [-0.25, -0.2) is 17.6 Å². The van der Waals surface area contributed by atoms with Gasteiger partial charge in [0.15, 0.2) is 30.2 Å². The Balaban J connectivity index is 1.56. The molecule has 1 fully saturated rings. The first-order chi connectivity index (χ1) is 15.5. The third kappa shape index (κ3) is 4.25. The number of halogens is 4. The number of fused-ring (bicyclic) bond motifs is 3. The van der Waals surface area contributed by atoms with E-state index in [9.17, 15) is 8.78 Å². The second-order valence-corrected chi connectivity index (χ2v) is 8.36. The van der Waals surface area contributed by atoms with Gasteiger partial charge < -0.3 is 14.2 Å². The number of alkyl halides is 2. The highest BCUT2D eigenvalue weighted by atomic mass is 19.2. The van der Waals surface area contributed by atoms with Crippen LogP contribution in [0.1, 0.15) is 62.1 Å². The van der Waals surface area contributed by atoms with Gasteiger partial charge in [0.25, 0.3) is 0 Å². The van der Waals surface area contributed by atoms with Gasteiger partial charge in [-0.05, 0) is 48.9 Å². The van der Waals surface area contributed by atoms with Crippen LogP contribution >= 0.6 is 0 Å². The Morgan fingerprint density at radius 3 is 2.12 bits per heavy atom. The molecule has 0 aromatic heterocycles. The van der Waals surface area contributed by atoms with Crippen molar-refractivity contribution in [1.82, 2.24) is 0 Å². The number of aryl methyl sites for hydroxylation is 1. The fourth-order valence-electron chi connectivity index (χ4n) is 4.48. The third-order valence-corrected chi connectivity index (χ3v) is 6.18. The molecule has 0 amide bonds. The fraction of sp³-hybridized carbons (Fsp3) is 0.520. The maximum atomic E-state index is 15.3. The van der Waals surface area contributed by atoms with E-state index in [-0.39, 0.29) is 41.3 Å². The molecule has 0 saturated carbocycles. The van der Waals surface area contributed by atoms with Crippen LogP contribution in [0.4, 0.5) is 17.6 Å². The summed E-state index contributed by atoms with van der Waals surface area (Å²) in [5.41, 5.74) is -0.115. The minimum Gasteiger partial charge on any atom is -0.491 e. The Morgan fingerprint density at radius 2 is 1.50 bits per heavy atom. The summed E-state index contributed by atoms with van der Waals surface area (Å²) in [7, 11) is 0. The lowest BCUT2D eigenvalue weighted by molar-refractivity contribution is -0.203. The molecule has 2 aromatic carbocycles. The lowest BCUT2D eigenvalue weighted by Crippen LogP contribution is -2.32. The Bertz CT molecular complexity index is 957. The Hall–Kier alpha value is -2.12. The smallest absolute Gasteiger partial charge is 0.171 e. The van der Waals surface area contributed by atoms with E-state index in [1.54, 1.807) is 19.1 Å². The Labute approximate surface area is 185 Å². The van der Waals surface area contributed by atoms with E-state index in [0.717, 1.165) is 12.8 Å². The van der Waals surface area contributed by atoms with Crippen LogP contribution in [0.25, 0.3) is 11.1 Å². The van der Waals surface area contributed by atoms with Gasteiger partial charge in [-0.15, -0.1) is 0 Å². The Morgan fingerprint density at radius 1 is 0.875 bits per heavy atom. The van der Waals surface area contributed by atoms with Crippen LogP contribution in [0.3, 0.4) is 0 Å². The normalized spacial score (nSPS) is 24.7. The lowest BCUT2D eigenvalue weighted by atomic mass is 9.81. The maximum Gasteiger partial charge on any atom is 0.171 e. The van der Waals surface area contributed by atoms with Gasteiger partial charge in [-0.2, -0.15) is 0 Å². The standard InChI is InChI=1S/C25H28F4O3/c1-3-5-19-31-12-14(13-32-19)6-7-15-8-9-16-17-10-11-18(30-4-2)23(27)21(17)25(29)24(28)20(16)22(15)26/h8-11,14,19,24-25H,3-7,12-13H2,1-2H3. The van der Waals surface area contributed by atoms with Gasteiger partial charge in [0.05, 0.1) is 19.8 Å². The molecular formula is C25H28F4O3. The summed E-state index contributed by atoms with van der Waals surface area (Å²) in [4.78, 5) is 0.